The Morgan fingerprint density at radius 1 is 1.00 bits per heavy atom. The lowest BCUT2D eigenvalue weighted by molar-refractivity contribution is 0.938. The average Bonchev–Trinajstić information content (AvgIpc) is 3.07. The van der Waals surface area contributed by atoms with Crippen molar-refractivity contribution in [3.05, 3.63) is 71.5 Å². The third kappa shape index (κ3) is 3.46. The van der Waals surface area contributed by atoms with E-state index in [9.17, 15) is 0 Å². The molecule has 0 aliphatic heterocycles. The number of halogens is 1. The fourth-order valence-electron chi connectivity index (χ4n) is 3.00. The molecule has 0 fully saturated rings. The number of anilines is 3. The van der Waals surface area contributed by atoms with E-state index in [0.717, 1.165) is 39.7 Å². The van der Waals surface area contributed by atoms with Gasteiger partial charge in [-0.15, -0.1) is 0 Å². The molecule has 27 heavy (non-hydrogen) atoms. The quantitative estimate of drug-likeness (QED) is 0.533. The summed E-state index contributed by atoms with van der Waals surface area (Å²) in [7, 11) is 4.06. The fraction of sp³-hybridized carbons (Fsp3) is 0.143. The average molecular weight is 378 g/mol. The molecule has 0 aliphatic carbocycles. The Morgan fingerprint density at radius 3 is 2.37 bits per heavy atom. The maximum absolute atomic E-state index is 6.01. The van der Waals surface area contributed by atoms with E-state index in [1.807, 2.05) is 62.1 Å². The minimum Gasteiger partial charge on any atom is -0.378 e. The molecule has 0 radical (unpaired) electrons. The molecule has 1 N–H and O–H groups in total. The second-order valence-corrected chi connectivity index (χ2v) is 7.09. The van der Waals surface area contributed by atoms with E-state index in [1.165, 1.54) is 0 Å². The molecule has 0 saturated carbocycles. The van der Waals surface area contributed by atoms with Gasteiger partial charge in [0.15, 0.2) is 5.65 Å². The Hall–Kier alpha value is -3.05. The number of aromatic nitrogens is 3. The predicted octanol–water partition coefficient (Wildman–Crippen LogP) is 5.17. The van der Waals surface area contributed by atoms with Gasteiger partial charge in [0.25, 0.3) is 0 Å². The molecule has 0 unspecified atom stereocenters. The van der Waals surface area contributed by atoms with Gasteiger partial charge in [-0.3, -0.25) is 0 Å². The highest BCUT2D eigenvalue weighted by molar-refractivity contribution is 6.30. The molecule has 2 aromatic heterocycles. The Bertz CT molecular complexity index is 1080. The van der Waals surface area contributed by atoms with Crippen molar-refractivity contribution in [3.8, 4) is 11.1 Å². The van der Waals surface area contributed by atoms with Crippen LogP contribution in [0.4, 0.5) is 17.2 Å². The molecule has 4 aromatic rings. The Morgan fingerprint density at radius 2 is 1.70 bits per heavy atom. The lowest BCUT2D eigenvalue weighted by atomic mass is 10.1. The van der Waals surface area contributed by atoms with Crippen LogP contribution in [0.3, 0.4) is 0 Å². The summed E-state index contributed by atoms with van der Waals surface area (Å²) in [6.45, 7) is 1.99. The summed E-state index contributed by atoms with van der Waals surface area (Å²) < 4.78 is 1.83. The van der Waals surface area contributed by atoms with Crippen LogP contribution in [-0.4, -0.2) is 28.7 Å². The van der Waals surface area contributed by atoms with E-state index in [-0.39, 0.29) is 0 Å². The van der Waals surface area contributed by atoms with Crippen LogP contribution < -0.4 is 10.2 Å². The highest BCUT2D eigenvalue weighted by Gasteiger charge is 2.12. The van der Waals surface area contributed by atoms with E-state index < -0.39 is 0 Å². The number of hydrogen-bond donors (Lipinski definition) is 1. The summed E-state index contributed by atoms with van der Waals surface area (Å²) in [4.78, 5) is 6.77. The van der Waals surface area contributed by atoms with Gasteiger partial charge in [0.1, 0.15) is 5.82 Å². The van der Waals surface area contributed by atoms with Crippen molar-refractivity contribution < 1.29 is 0 Å². The molecule has 0 bridgehead atoms. The molecular formula is C21H20ClN5. The van der Waals surface area contributed by atoms with Crippen LogP contribution in [-0.2, 0) is 0 Å². The maximum atomic E-state index is 6.01. The lowest BCUT2D eigenvalue weighted by Crippen LogP contribution is -2.08. The molecule has 2 aromatic carbocycles. The Kier molecular flexibility index (Phi) is 4.46. The second-order valence-electron chi connectivity index (χ2n) is 6.65. The van der Waals surface area contributed by atoms with Crippen molar-refractivity contribution in [2.75, 3.05) is 24.3 Å². The smallest absolute Gasteiger partial charge is 0.165 e. The van der Waals surface area contributed by atoms with Crippen LogP contribution in [0.2, 0.25) is 5.02 Å². The first-order valence-electron chi connectivity index (χ1n) is 8.67. The number of nitrogens with zero attached hydrogens (tertiary/aromatic N) is 4. The summed E-state index contributed by atoms with van der Waals surface area (Å²) in [6.07, 6.45) is 1.84. The van der Waals surface area contributed by atoms with E-state index in [4.69, 9.17) is 16.6 Å². The monoisotopic (exact) mass is 377 g/mol. The topological polar surface area (TPSA) is 45.5 Å². The molecular weight excluding hydrogens is 358 g/mol. The number of fused-ring (bicyclic) bond motifs is 1. The summed E-state index contributed by atoms with van der Waals surface area (Å²) in [5.41, 5.74) is 5.89. The van der Waals surface area contributed by atoms with Gasteiger partial charge >= 0.3 is 0 Å². The van der Waals surface area contributed by atoms with Crippen molar-refractivity contribution >= 4 is 34.4 Å². The Balaban J connectivity index is 1.74. The zero-order chi connectivity index (χ0) is 19.0. The van der Waals surface area contributed by atoms with Gasteiger partial charge in [0.05, 0.1) is 6.20 Å². The van der Waals surface area contributed by atoms with E-state index in [1.54, 1.807) is 0 Å². The normalized spacial score (nSPS) is 11.0. The van der Waals surface area contributed by atoms with Gasteiger partial charge in [-0.05, 0) is 48.9 Å². The van der Waals surface area contributed by atoms with Crippen molar-refractivity contribution in [2.24, 2.45) is 0 Å². The summed E-state index contributed by atoms with van der Waals surface area (Å²) in [5, 5.41) is 8.71. The first kappa shape index (κ1) is 17.4. The maximum Gasteiger partial charge on any atom is 0.165 e. The SMILES string of the molecule is Cc1cc(Nc2ccc(N(C)C)cc2)n2ncc(-c3ccc(Cl)cc3)c2n1. The van der Waals surface area contributed by atoms with Crippen LogP contribution in [0.5, 0.6) is 0 Å². The van der Waals surface area contributed by atoms with Gasteiger partial charge in [-0.2, -0.15) is 9.61 Å². The van der Waals surface area contributed by atoms with Crippen LogP contribution >= 0.6 is 11.6 Å². The molecule has 0 atom stereocenters. The van der Waals surface area contributed by atoms with Gasteiger partial charge in [-0.25, -0.2) is 4.98 Å². The minimum atomic E-state index is 0.711. The number of benzene rings is 2. The lowest BCUT2D eigenvalue weighted by Gasteiger charge is -2.14. The van der Waals surface area contributed by atoms with Gasteiger partial charge in [0.2, 0.25) is 0 Å². The Labute approximate surface area is 163 Å². The van der Waals surface area contributed by atoms with Gasteiger partial charge < -0.3 is 10.2 Å². The van der Waals surface area contributed by atoms with Crippen LogP contribution in [0.15, 0.2) is 60.8 Å². The van der Waals surface area contributed by atoms with Gasteiger partial charge in [0, 0.05) is 47.8 Å². The molecule has 4 rings (SSSR count). The molecule has 136 valence electrons. The van der Waals surface area contributed by atoms with Crippen LogP contribution in [0.1, 0.15) is 5.69 Å². The second kappa shape index (κ2) is 6.93. The third-order valence-corrected chi connectivity index (χ3v) is 4.66. The molecule has 0 aliphatic rings. The zero-order valence-corrected chi connectivity index (χ0v) is 16.2. The highest BCUT2D eigenvalue weighted by atomic mass is 35.5. The number of hydrogen-bond acceptors (Lipinski definition) is 4. The largest absolute Gasteiger partial charge is 0.378 e. The van der Waals surface area contributed by atoms with Crippen LogP contribution in [0, 0.1) is 6.92 Å². The summed E-state index contributed by atoms with van der Waals surface area (Å²) in [5.74, 6) is 0.871. The first-order chi connectivity index (χ1) is 13.0. The number of rotatable bonds is 4. The first-order valence-corrected chi connectivity index (χ1v) is 9.05. The predicted molar refractivity (Wildman–Crippen MR) is 112 cm³/mol. The minimum absolute atomic E-state index is 0.711. The van der Waals surface area contributed by atoms with Gasteiger partial charge in [-0.1, -0.05) is 23.7 Å². The van der Waals surface area contributed by atoms with E-state index in [2.05, 4.69) is 39.6 Å². The summed E-state index contributed by atoms with van der Waals surface area (Å²) >= 11 is 6.01. The standard InChI is InChI=1S/C21H20ClN5/c1-14-12-20(25-17-8-10-18(11-9-17)26(2)3)27-21(24-14)19(13-23-27)15-4-6-16(22)7-5-15/h4-13,25H,1-3H3. The van der Waals surface area contributed by atoms with Crippen molar-refractivity contribution in [1.82, 2.24) is 14.6 Å². The number of aryl methyl sites for hydroxylation is 1. The third-order valence-electron chi connectivity index (χ3n) is 4.41. The molecule has 0 amide bonds. The van der Waals surface area contributed by atoms with E-state index in [0.29, 0.717) is 5.02 Å². The molecule has 6 heteroatoms. The molecule has 0 spiro atoms. The van der Waals surface area contributed by atoms with Crippen molar-refractivity contribution in [2.45, 2.75) is 6.92 Å². The van der Waals surface area contributed by atoms with Crippen molar-refractivity contribution in [1.29, 1.82) is 0 Å². The number of nitrogens with one attached hydrogen (secondary N) is 1. The molecule has 5 nitrogen and oxygen atoms in total. The fourth-order valence-corrected chi connectivity index (χ4v) is 3.12. The zero-order valence-electron chi connectivity index (χ0n) is 15.4. The molecule has 2 heterocycles. The van der Waals surface area contributed by atoms with Crippen LogP contribution in [0.25, 0.3) is 16.8 Å². The molecule has 0 saturated heterocycles. The van der Waals surface area contributed by atoms with Crippen molar-refractivity contribution in [3.63, 3.8) is 0 Å². The summed E-state index contributed by atoms with van der Waals surface area (Å²) in [6, 6.07) is 18.0. The highest BCUT2D eigenvalue weighted by Crippen LogP contribution is 2.28. The van der Waals surface area contributed by atoms with E-state index >= 15 is 0 Å².